The van der Waals surface area contributed by atoms with E-state index in [1.165, 1.54) is 11.6 Å². The summed E-state index contributed by atoms with van der Waals surface area (Å²) in [6.07, 6.45) is 1.47. The van der Waals surface area contributed by atoms with E-state index in [-0.39, 0.29) is 11.7 Å². The topological polar surface area (TPSA) is 0 Å². The van der Waals surface area contributed by atoms with Crippen LogP contribution in [-0.4, -0.2) is 5.88 Å². The molecule has 2 rings (SSSR count). The predicted octanol–water partition coefficient (Wildman–Crippen LogP) is 5.99. The third-order valence-electron chi connectivity index (χ3n) is 3.20. The fourth-order valence-electron chi connectivity index (χ4n) is 2.17. The highest BCUT2D eigenvalue weighted by molar-refractivity contribution is 9.10. The molecule has 4 heteroatoms. The molecule has 0 aliphatic rings. The lowest BCUT2D eigenvalue weighted by molar-refractivity contribution is 0.545. The van der Waals surface area contributed by atoms with Gasteiger partial charge in [0.1, 0.15) is 5.82 Å². The average Bonchev–Trinajstić information content (AvgIpc) is 2.44. The van der Waals surface area contributed by atoms with Gasteiger partial charge < -0.3 is 0 Å². The molecule has 0 heterocycles. The SMILES string of the molecule is Fc1ccc(Br)cc1CC(CCl)Cc1ccccc1Br. The predicted molar refractivity (Wildman–Crippen MR) is 89.9 cm³/mol. The van der Waals surface area contributed by atoms with E-state index in [1.807, 2.05) is 24.3 Å². The van der Waals surface area contributed by atoms with Crippen LogP contribution in [0.25, 0.3) is 0 Å². The minimum Gasteiger partial charge on any atom is -0.207 e. The Kier molecular flexibility index (Phi) is 6.06. The number of benzene rings is 2. The summed E-state index contributed by atoms with van der Waals surface area (Å²) >= 11 is 13.0. The van der Waals surface area contributed by atoms with E-state index in [2.05, 4.69) is 37.9 Å². The maximum Gasteiger partial charge on any atom is 0.126 e. The number of hydrogen-bond donors (Lipinski definition) is 0. The maximum atomic E-state index is 13.8. The van der Waals surface area contributed by atoms with Crippen molar-refractivity contribution in [3.05, 3.63) is 68.4 Å². The van der Waals surface area contributed by atoms with Crippen molar-refractivity contribution in [3.8, 4) is 0 Å². The molecule has 2 aromatic rings. The first-order valence-corrected chi connectivity index (χ1v) is 8.45. The summed E-state index contributed by atoms with van der Waals surface area (Å²) in [5.41, 5.74) is 1.91. The first kappa shape index (κ1) is 16.0. The van der Waals surface area contributed by atoms with Gasteiger partial charge in [-0.25, -0.2) is 4.39 Å². The fourth-order valence-corrected chi connectivity index (χ4v) is 3.24. The number of alkyl halides is 1. The zero-order valence-corrected chi connectivity index (χ0v) is 14.7. The van der Waals surface area contributed by atoms with Crippen LogP contribution in [0.4, 0.5) is 4.39 Å². The molecule has 0 nitrogen and oxygen atoms in total. The van der Waals surface area contributed by atoms with Crippen LogP contribution in [0.5, 0.6) is 0 Å². The van der Waals surface area contributed by atoms with Crippen molar-refractivity contribution >= 4 is 43.5 Å². The van der Waals surface area contributed by atoms with Gasteiger partial charge in [0.05, 0.1) is 0 Å². The van der Waals surface area contributed by atoms with Gasteiger partial charge in [0, 0.05) is 14.8 Å². The molecule has 0 amide bonds. The molecule has 0 radical (unpaired) electrons. The lowest BCUT2D eigenvalue weighted by Crippen LogP contribution is -2.11. The molecule has 1 atom stereocenters. The molecular formula is C16H14Br2ClF. The van der Waals surface area contributed by atoms with E-state index in [0.29, 0.717) is 17.9 Å². The van der Waals surface area contributed by atoms with Crippen LogP contribution in [-0.2, 0) is 12.8 Å². The van der Waals surface area contributed by atoms with Crippen LogP contribution in [0.3, 0.4) is 0 Å². The summed E-state index contributed by atoms with van der Waals surface area (Å²) in [6, 6.07) is 13.1. The van der Waals surface area contributed by atoms with Crippen molar-refractivity contribution in [1.82, 2.24) is 0 Å². The van der Waals surface area contributed by atoms with Gasteiger partial charge in [-0.05, 0) is 54.2 Å². The van der Waals surface area contributed by atoms with Crippen molar-refractivity contribution in [2.24, 2.45) is 5.92 Å². The second kappa shape index (κ2) is 7.58. The molecular weight excluding hydrogens is 406 g/mol. The molecule has 106 valence electrons. The molecule has 0 saturated carbocycles. The van der Waals surface area contributed by atoms with Gasteiger partial charge in [0.25, 0.3) is 0 Å². The minimum atomic E-state index is -0.171. The van der Waals surface area contributed by atoms with Crippen molar-refractivity contribution < 1.29 is 4.39 Å². The molecule has 1 unspecified atom stereocenters. The first-order valence-electron chi connectivity index (χ1n) is 6.33. The van der Waals surface area contributed by atoms with Gasteiger partial charge >= 0.3 is 0 Å². The van der Waals surface area contributed by atoms with Gasteiger partial charge in [-0.3, -0.25) is 0 Å². The van der Waals surface area contributed by atoms with Crippen molar-refractivity contribution in [2.75, 3.05) is 5.88 Å². The van der Waals surface area contributed by atoms with Crippen LogP contribution < -0.4 is 0 Å². The average molecular weight is 421 g/mol. The highest BCUT2D eigenvalue weighted by atomic mass is 79.9. The van der Waals surface area contributed by atoms with Crippen LogP contribution in [0, 0.1) is 11.7 Å². The molecule has 0 N–H and O–H groups in total. The molecule has 0 fully saturated rings. The molecule has 20 heavy (non-hydrogen) atoms. The van der Waals surface area contributed by atoms with E-state index in [4.69, 9.17) is 11.6 Å². The van der Waals surface area contributed by atoms with Gasteiger partial charge in [-0.1, -0.05) is 50.1 Å². The molecule has 0 spiro atoms. The second-order valence-electron chi connectivity index (χ2n) is 4.76. The zero-order chi connectivity index (χ0) is 14.5. The van der Waals surface area contributed by atoms with E-state index in [9.17, 15) is 4.39 Å². The molecule has 2 aromatic carbocycles. The van der Waals surface area contributed by atoms with Gasteiger partial charge in [-0.15, -0.1) is 11.6 Å². The third-order valence-corrected chi connectivity index (χ3v) is 4.90. The summed E-state index contributed by atoms with van der Waals surface area (Å²) in [6.45, 7) is 0. The normalized spacial score (nSPS) is 12.4. The lowest BCUT2D eigenvalue weighted by Gasteiger charge is -2.16. The summed E-state index contributed by atoms with van der Waals surface area (Å²) in [5, 5.41) is 0. The number of hydrogen-bond acceptors (Lipinski definition) is 0. The molecule has 0 aliphatic heterocycles. The molecule has 0 aliphatic carbocycles. The Bertz CT molecular complexity index is 586. The van der Waals surface area contributed by atoms with E-state index in [1.54, 1.807) is 6.07 Å². The summed E-state index contributed by atoms with van der Waals surface area (Å²) in [7, 11) is 0. The lowest BCUT2D eigenvalue weighted by atomic mass is 9.94. The van der Waals surface area contributed by atoms with Gasteiger partial charge in [0.15, 0.2) is 0 Å². The largest absolute Gasteiger partial charge is 0.207 e. The second-order valence-corrected chi connectivity index (χ2v) is 6.83. The van der Waals surface area contributed by atoms with Crippen molar-refractivity contribution in [1.29, 1.82) is 0 Å². The van der Waals surface area contributed by atoms with Crippen LogP contribution in [0.2, 0.25) is 0 Å². The van der Waals surface area contributed by atoms with Crippen molar-refractivity contribution in [3.63, 3.8) is 0 Å². The summed E-state index contributed by atoms with van der Waals surface area (Å²) in [4.78, 5) is 0. The zero-order valence-electron chi connectivity index (χ0n) is 10.8. The Hall–Kier alpha value is -0.380. The number of rotatable bonds is 5. The van der Waals surface area contributed by atoms with Gasteiger partial charge in [-0.2, -0.15) is 0 Å². The molecule has 0 aromatic heterocycles. The van der Waals surface area contributed by atoms with E-state index < -0.39 is 0 Å². The Morgan fingerprint density at radius 2 is 1.70 bits per heavy atom. The summed E-state index contributed by atoms with van der Waals surface area (Å²) in [5.74, 6) is 0.544. The van der Waals surface area contributed by atoms with E-state index >= 15 is 0 Å². The molecule has 0 saturated heterocycles. The number of halogens is 4. The standard InChI is InChI=1S/C16H14Br2ClF/c17-14-5-6-16(20)13(9-14)8-11(10-19)7-12-3-1-2-4-15(12)18/h1-6,9,11H,7-8,10H2. The quantitative estimate of drug-likeness (QED) is 0.521. The van der Waals surface area contributed by atoms with Gasteiger partial charge in [0.2, 0.25) is 0 Å². The van der Waals surface area contributed by atoms with E-state index in [0.717, 1.165) is 15.4 Å². The highest BCUT2D eigenvalue weighted by Crippen LogP contribution is 2.24. The Morgan fingerprint density at radius 1 is 1.00 bits per heavy atom. The first-order chi connectivity index (χ1) is 9.60. The van der Waals surface area contributed by atoms with Crippen LogP contribution in [0.15, 0.2) is 51.4 Å². The maximum absolute atomic E-state index is 13.8. The van der Waals surface area contributed by atoms with Crippen LogP contribution in [0.1, 0.15) is 11.1 Å². The Morgan fingerprint density at radius 3 is 2.40 bits per heavy atom. The summed E-state index contributed by atoms with van der Waals surface area (Å²) < 4.78 is 15.8. The Labute approximate surface area is 140 Å². The van der Waals surface area contributed by atoms with Crippen LogP contribution >= 0.6 is 43.5 Å². The smallest absolute Gasteiger partial charge is 0.126 e. The fraction of sp³-hybridized carbons (Fsp3) is 0.250. The monoisotopic (exact) mass is 418 g/mol. The Balaban J connectivity index is 2.13. The molecule has 0 bridgehead atoms. The highest BCUT2D eigenvalue weighted by Gasteiger charge is 2.14. The van der Waals surface area contributed by atoms with Crippen molar-refractivity contribution in [2.45, 2.75) is 12.8 Å². The minimum absolute atomic E-state index is 0.171. The third kappa shape index (κ3) is 4.31.